The minimum absolute atomic E-state index is 0.161. The molecule has 3 heterocycles. The minimum Gasteiger partial charge on any atom is -0.312 e. The summed E-state index contributed by atoms with van der Waals surface area (Å²) in [7, 11) is 0. The lowest BCUT2D eigenvalue weighted by atomic mass is 9.71. The van der Waals surface area contributed by atoms with Crippen molar-refractivity contribution in [1.82, 2.24) is 9.88 Å². The Morgan fingerprint density at radius 3 is 2.46 bits per heavy atom. The number of pyridine rings is 1. The smallest absolute Gasteiger partial charge is 0.233 e. The molecule has 0 atom stereocenters. The molecule has 0 unspecified atom stereocenters. The molecular weight excluding hydrogens is 322 g/mol. The van der Waals surface area contributed by atoms with E-state index in [2.05, 4.69) is 41.1 Å². The Labute approximate surface area is 155 Å². The Morgan fingerprint density at radius 2 is 1.77 bits per heavy atom. The number of aryl methyl sites for hydroxylation is 1. The quantitative estimate of drug-likeness (QED) is 0.846. The van der Waals surface area contributed by atoms with Crippen molar-refractivity contribution in [3.05, 3.63) is 59.9 Å². The van der Waals surface area contributed by atoms with Gasteiger partial charge in [0.05, 0.1) is 11.1 Å². The van der Waals surface area contributed by atoms with Crippen LogP contribution in [-0.4, -0.2) is 35.4 Å². The molecule has 2 aliphatic rings. The lowest BCUT2D eigenvalue weighted by molar-refractivity contribution is -0.133. The van der Waals surface area contributed by atoms with Crippen molar-refractivity contribution >= 4 is 11.6 Å². The second-order valence-electron chi connectivity index (χ2n) is 7.78. The van der Waals surface area contributed by atoms with Gasteiger partial charge in [-0.15, -0.1) is 0 Å². The maximum Gasteiger partial charge on any atom is 0.233 e. The molecule has 4 heteroatoms. The third kappa shape index (κ3) is 3.38. The van der Waals surface area contributed by atoms with Crippen LogP contribution in [0, 0.1) is 12.3 Å². The molecule has 1 amide bonds. The van der Waals surface area contributed by atoms with Gasteiger partial charge in [0.2, 0.25) is 5.91 Å². The van der Waals surface area contributed by atoms with Crippen molar-refractivity contribution < 1.29 is 4.79 Å². The monoisotopic (exact) mass is 349 g/mol. The summed E-state index contributed by atoms with van der Waals surface area (Å²) in [4.78, 5) is 22.3. The average Bonchev–Trinajstić information content (AvgIpc) is 2.68. The zero-order chi connectivity index (χ0) is 18.0. The van der Waals surface area contributed by atoms with Crippen LogP contribution in [0.2, 0.25) is 0 Å². The van der Waals surface area contributed by atoms with Crippen LogP contribution in [-0.2, 0) is 11.3 Å². The van der Waals surface area contributed by atoms with Gasteiger partial charge in [-0.25, -0.2) is 0 Å². The molecule has 2 fully saturated rings. The maximum atomic E-state index is 13.3. The van der Waals surface area contributed by atoms with Crippen LogP contribution in [0.1, 0.15) is 36.9 Å². The lowest BCUT2D eigenvalue weighted by Crippen LogP contribution is -2.53. The van der Waals surface area contributed by atoms with E-state index in [1.165, 1.54) is 5.56 Å². The average molecular weight is 349 g/mol. The first-order valence-electron chi connectivity index (χ1n) is 9.67. The van der Waals surface area contributed by atoms with Gasteiger partial charge >= 0.3 is 0 Å². The highest BCUT2D eigenvalue weighted by Gasteiger charge is 2.45. The number of amides is 1. The molecule has 2 aromatic rings. The van der Waals surface area contributed by atoms with Crippen LogP contribution in [0.3, 0.4) is 0 Å². The Morgan fingerprint density at radius 1 is 1.00 bits per heavy atom. The number of anilines is 1. The summed E-state index contributed by atoms with van der Waals surface area (Å²) < 4.78 is 0. The van der Waals surface area contributed by atoms with E-state index in [1.54, 1.807) is 0 Å². The standard InChI is InChI=1S/C22H27N3O/c1-18-8-9-19(23-16-18)17-24-14-11-22(12-15-24)10-5-13-25(21(22)26)20-6-3-2-4-7-20/h2-4,6-9,16H,5,10-15,17H2,1H3. The summed E-state index contributed by atoms with van der Waals surface area (Å²) in [5, 5.41) is 0. The van der Waals surface area contributed by atoms with E-state index in [0.29, 0.717) is 5.91 Å². The molecule has 0 radical (unpaired) electrons. The highest BCUT2D eigenvalue weighted by Crippen LogP contribution is 2.42. The van der Waals surface area contributed by atoms with Gasteiger partial charge in [0, 0.05) is 25.0 Å². The van der Waals surface area contributed by atoms with E-state index in [9.17, 15) is 4.79 Å². The van der Waals surface area contributed by atoms with Gasteiger partial charge in [0.1, 0.15) is 0 Å². The van der Waals surface area contributed by atoms with Crippen molar-refractivity contribution in [3.63, 3.8) is 0 Å². The molecule has 1 aromatic heterocycles. The summed E-state index contributed by atoms with van der Waals surface area (Å²) in [6, 6.07) is 14.4. The second-order valence-corrected chi connectivity index (χ2v) is 7.78. The molecule has 26 heavy (non-hydrogen) atoms. The number of para-hydroxylation sites is 1. The predicted molar refractivity (Wildman–Crippen MR) is 104 cm³/mol. The molecular formula is C22H27N3O. The highest BCUT2D eigenvalue weighted by atomic mass is 16.2. The first kappa shape index (κ1) is 17.2. The van der Waals surface area contributed by atoms with Crippen molar-refractivity contribution in [1.29, 1.82) is 0 Å². The lowest BCUT2D eigenvalue weighted by Gasteiger charge is -2.46. The van der Waals surface area contributed by atoms with Crippen molar-refractivity contribution in [2.24, 2.45) is 5.41 Å². The molecule has 136 valence electrons. The van der Waals surface area contributed by atoms with Crippen LogP contribution in [0.4, 0.5) is 5.69 Å². The third-order valence-electron chi connectivity index (χ3n) is 5.98. The Balaban J connectivity index is 1.42. The summed E-state index contributed by atoms with van der Waals surface area (Å²) in [6.45, 7) is 5.75. The molecule has 1 spiro atoms. The van der Waals surface area contributed by atoms with E-state index >= 15 is 0 Å². The fourth-order valence-corrected chi connectivity index (χ4v) is 4.35. The fourth-order valence-electron chi connectivity index (χ4n) is 4.35. The van der Waals surface area contributed by atoms with E-state index in [-0.39, 0.29) is 5.41 Å². The normalized spacial score (nSPS) is 20.5. The van der Waals surface area contributed by atoms with E-state index < -0.39 is 0 Å². The Hall–Kier alpha value is -2.20. The van der Waals surface area contributed by atoms with Gasteiger partial charge in [-0.2, -0.15) is 0 Å². The van der Waals surface area contributed by atoms with E-state index in [1.807, 2.05) is 29.3 Å². The Kier molecular flexibility index (Phi) is 4.77. The van der Waals surface area contributed by atoms with Crippen molar-refractivity contribution in [3.8, 4) is 0 Å². The molecule has 0 bridgehead atoms. The number of rotatable bonds is 3. The second kappa shape index (κ2) is 7.20. The van der Waals surface area contributed by atoms with Crippen LogP contribution in [0.25, 0.3) is 0 Å². The zero-order valence-electron chi connectivity index (χ0n) is 15.5. The number of hydrogen-bond acceptors (Lipinski definition) is 3. The number of piperidine rings is 2. The highest BCUT2D eigenvalue weighted by molar-refractivity contribution is 5.98. The molecule has 2 saturated heterocycles. The van der Waals surface area contributed by atoms with Gasteiger partial charge < -0.3 is 4.90 Å². The minimum atomic E-state index is -0.161. The molecule has 4 nitrogen and oxygen atoms in total. The largest absolute Gasteiger partial charge is 0.312 e. The first-order valence-corrected chi connectivity index (χ1v) is 9.67. The molecule has 1 aromatic carbocycles. The number of nitrogens with zero attached hydrogens (tertiary/aromatic N) is 3. The van der Waals surface area contributed by atoms with Crippen LogP contribution in [0.15, 0.2) is 48.7 Å². The first-order chi connectivity index (χ1) is 12.7. The van der Waals surface area contributed by atoms with Gasteiger partial charge in [0.15, 0.2) is 0 Å². The summed E-state index contributed by atoms with van der Waals surface area (Å²) in [5.74, 6) is 0.336. The van der Waals surface area contributed by atoms with Crippen LogP contribution < -0.4 is 4.90 Å². The fraction of sp³-hybridized carbons (Fsp3) is 0.455. The topological polar surface area (TPSA) is 36.4 Å². The maximum absolute atomic E-state index is 13.3. The van der Waals surface area contributed by atoms with Gasteiger partial charge in [-0.3, -0.25) is 14.7 Å². The third-order valence-corrected chi connectivity index (χ3v) is 5.98. The van der Waals surface area contributed by atoms with Crippen molar-refractivity contribution in [2.75, 3.05) is 24.5 Å². The van der Waals surface area contributed by atoms with Gasteiger partial charge in [0.25, 0.3) is 0 Å². The SMILES string of the molecule is Cc1ccc(CN2CCC3(CCCN(c4ccccc4)C3=O)CC2)nc1. The van der Waals surface area contributed by atoms with Crippen molar-refractivity contribution in [2.45, 2.75) is 39.2 Å². The summed E-state index contributed by atoms with van der Waals surface area (Å²) in [6.07, 6.45) is 5.98. The van der Waals surface area contributed by atoms with E-state index in [4.69, 9.17) is 0 Å². The van der Waals surface area contributed by atoms with Gasteiger partial charge in [-0.05, 0) is 69.5 Å². The number of benzene rings is 1. The van der Waals surface area contributed by atoms with Crippen LogP contribution in [0.5, 0.6) is 0 Å². The number of likely N-dealkylation sites (tertiary alicyclic amines) is 1. The zero-order valence-corrected chi connectivity index (χ0v) is 15.5. The Bertz CT molecular complexity index is 749. The van der Waals surface area contributed by atoms with E-state index in [0.717, 1.165) is 63.2 Å². The molecule has 4 rings (SSSR count). The predicted octanol–water partition coefficient (Wildman–Crippen LogP) is 3.80. The molecule has 2 aliphatic heterocycles. The summed E-state index contributed by atoms with van der Waals surface area (Å²) in [5.41, 5.74) is 3.20. The number of carbonyl (C=O) groups excluding carboxylic acids is 1. The number of hydrogen-bond donors (Lipinski definition) is 0. The molecule has 0 N–H and O–H groups in total. The van der Waals surface area contributed by atoms with Crippen LogP contribution >= 0.6 is 0 Å². The number of aromatic nitrogens is 1. The summed E-state index contributed by atoms with van der Waals surface area (Å²) >= 11 is 0. The molecule has 0 aliphatic carbocycles. The number of carbonyl (C=O) groups is 1. The molecule has 0 saturated carbocycles. The van der Waals surface area contributed by atoms with Gasteiger partial charge in [-0.1, -0.05) is 24.3 Å².